The Balaban J connectivity index is 1.62. The number of benzene rings is 2. The first kappa shape index (κ1) is 23.1. The van der Waals surface area contributed by atoms with Crippen LogP contribution in [-0.2, 0) is 9.53 Å². The van der Waals surface area contributed by atoms with Crippen molar-refractivity contribution < 1.29 is 19.1 Å². The molecule has 8 heteroatoms. The van der Waals surface area contributed by atoms with Gasteiger partial charge in [0.25, 0.3) is 5.91 Å². The lowest BCUT2D eigenvalue weighted by molar-refractivity contribution is -0.114. The van der Waals surface area contributed by atoms with E-state index >= 15 is 0 Å². The van der Waals surface area contributed by atoms with Crippen LogP contribution in [0.5, 0.6) is 0 Å². The summed E-state index contributed by atoms with van der Waals surface area (Å²) in [6.07, 6.45) is 0.470. The first-order chi connectivity index (χ1) is 15.1. The van der Waals surface area contributed by atoms with Crippen molar-refractivity contribution in [3.63, 3.8) is 0 Å². The van der Waals surface area contributed by atoms with Crippen molar-refractivity contribution in [3.05, 3.63) is 54.1 Å². The van der Waals surface area contributed by atoms with E-state index in [1.807, 2.05) is 45.0 Å². The normalized spacial score (nSPS) is 15.8. The standard InChI is InChI=1S/C24H30N4O4/c1-16(29)25-18-11-9-17(10-12-18)22(30)27-21-8-6-5-7-20(21)26-19-13-14-28(15-19)23(31)32-24(2,3)4/h5-12,19,26H,13-15H2,1-4H3,(H,25,29)(H,27,30)/t19-/m0/s1. The maximum Gasteiger partial charge on any atom is 0.410 e. The molecule has 3 N–H and O–H groups in total. The minimum atomic E-state index is -0.528. The largest absolute Gasteiger partial charge is 0.444 e. The molecule has 0 bridgehead atoms. The second-order valence-corrected chi connectivity index (χ2v) is 8.81. The molecule has 0 spiro atoms. The smallest absolute Gasteiger partial charge is 0.410 e. The fraction of sp³-hybridized carbons (Fsp3) is 0.375. The van der Waals surface area contributed by atoms with E-state index in [9.17, 15) is 14.4 Å². The van der Waals surface area contributed by atoms with Gasteiger partial charge in [-0.05, 0) is 63.6 Å². The van der Waals surface area contributed by atoms with E-state index in [0.29, 0.717) is 30.0 Å². The van der Waals surface area contributed by atoms with E-state index in [1.54, 1.807) is 29.2 Å². The van der Waals surface area contributed by atoms with Gasteiger partial charge in [-0.3, -0.25) is 9.59 Å². The van der Waals surface area contributed by atoms with Gasteiger partial charge in [-0.2, -0.15) is 0 Å². The molecule has 32 heavy (non-hydrogen) atoms. The monoisotopic (exact) mass is 438 g/mol. The first-order valence-electron chi connectivity index (χ1n) is 10.6. The zero-order valence-corrected chi connectivity index (χ0v) is 18.9. The molecule has 170 valence electrons. The summed E-state index contributed by atoms with van der Waals surface area (Å²) in [5.74, 6) is -0.422. The Kier molecular flexibility index (Phi) is 7.02. The number of amides is 3. The predicted octanol–water partition coefficient (Wildman–Crippen LogP) is 4.32. The lowest BCUT2D eigenvalue weighted by Crippen LogP contribution is -2.36. The number of carbonyl (C=O) groups is 3. The molecule has 1 aliphatic rings. The number of rotatable bonds is 5. The Bertz CT molecular complexity index is 982. The van der Waals surface area contributed by atoms with Crippen LogP contribution in [0.25, 0.3) is 0 Å². The molecule has 1 saturated heterocycles. The number of hydrogen-bond acceptors (Lipinski definition) is 5. The zero-order chi connectivity index (χ0) is 23.3. The van der Waals surface area contributed by atoms with Crippen molar-refractivity contribution in [3.8, 4) is 0 Å². The summed E-state index contributed by atoms with van der Waals surface area (Å²) in [5, 5.41) is 9.04. The quantitative estimate of drug-likeness (QED) is 0.646. The number of ether oxygens (including phenoxy) is 1. The average molecular weight is 439 g/mol. The number of likely N-dealkylation sites (tertiary alicyclic amines) is 1. The maximum atomic E-state index is 12.7. The molecule has 2 aromatic carbocycles. The minimum Gasteiger partial charge on any atom is -0.444 e. The molecular formula is C24H30N4O4. The molecular weight excluding hydrogens is 408 g/mol. The third kappa shape index (κ3) is 6.47. The molecule has 3 amide bonds. The number of hydrogen-bond donors (Lipinski definition) is 3. The first-order valence-corrected chi connectivity index (χ1v) is 10.6. The number of anilines is 3. The summed E-state index contributed by atoms with van der Waals surface area (Å²) in [4.78, 5) is 37.9. The lowest BCUT2D eigenvalue weighted by atomic mass is 10.1. The summed E-state index contributed by atoms with van der Waals surface area (Å²) in [5.41, 5.74) is 2.02. The summed E-state index contributed by atoms with van der Waals surface area (Å²) in [6.45, 7) is 8.13. The molecule has 0 aromatic heterocycles. The molecule has 0 radical (unpaired) electrons. The van der Waals surface area contributed by atoms with Crippen LogP contribution >= 0.6 is 0 Å². The molecule has 1 fully saturated rings. The van der Waals surface area contributed by atoms with Gasteiger partial charge >= 0.3 is 6.09 Å². The minimum absolute atomic E-state index is 0.0532. The highest BCUT2D eigenvalue weighted by atomic mass is 16.6. The van der Waals surface area contributed by atoms with Gasteiger partial charge in [0.1, 0.15) is 5.60 Å². The van der Waals surface area contributed by atoms with Gasteiger partial charge in [-0.25, -0.2) is 4.79 Å². The van der Waals surface area contributed by atoms with Gasteiger partial charge in [0, 0.05) is 37.3 Å². The highest BCUT2D eigenvalue weighted by Crippen LogP contribution is 2.25. The predicted molar refractivity (Wildman–Crippen MR) is 125 cm³/mol. The lowest BCUT2D eigenvalue weighted by Gasteiger charge is -2.24. The van der Waals surface area contributed by atoms with Crippen LogP contribution in [0.1, 0.15) is 44.5 Å². The van der Waals surface area contributed by atoms with Gasteiger partial charge in [0.15, 0.2) is 0 Å². The molecule has 8 nitrogen and oxygen atoms in total. The van der Waals surface area contributed by atoms with Gasteiger partial charge in [-0.15, -0.1) is 0 Å². The summed E-state index contributed by atoms with van der Waals surface area (Å²) in [7, 11) is 0. The van der Waals surface area contributed by atoms with E-state index < -0.39 is 5.60 Å². The molecule has 1 atom stereocenters. The highest BCUT2D eigenvalue weighted by Gasteiger charge is 2.30. The molecule has 3 rings (SSSR count). The third-order valence-electron chi connectivity index (χ3n) is 4.84. The molecule has 0 unspecified atom stereocenters. The Hall–Kier alpha value is -3.55. The average Bonchev–Trinajstić information content (AvgIpc) is 3.17. The van der Waals surface area contributed by atoms with E-state index in [-0.39, 0.29) is 23.9 Å². The number of para-hydroxylation sites is 2. The van der Waals surface area contributed by atoms with E-state index in [4.69, 9.17) is 4.74 Å². The third-order valence-corrected chi connectivity index (χ3v) is 4.84. The summed E-state index contributed by atoms with van der Waals surface area (Å²) >= 11 is 0. The number of nitrogens with one attached hydrogen (secondary N) is 3. The van der Waals surface area contributed by atoms with Gasteiger partial charge < -0.3 is 25.6 Å². The SMILES string of the molecule is CC(=O)Nc1ccc(C(=O)Nc2ccccc2N[C@H]2CCN(C(=O)OC(C)(C)C)C2)cc1. The van der Waals surface area contributed by atoms with E-state index in [2.05, 4.69) is 16.0 Å². The Labute approximate surface area is 188 Å². The van der Waals surface area contributed by atoms with Crippen molar-refractivity contribution in [1.82, 2.24) is 4.90 Å². The Morgan fingerprint density at radius 3 is 2.25 bits per heavy atom. The highest BCUT2D eigenvalue weighted by molar-refractivity contribution is 6.06. The Morgan fingerprint density at radius 1 is 0.969 bits per heavy atom. The Morgan fingerprint density at radius 2 is 1.62 bits per heavy atom. The van der Waals surface area contributed by atoms with Gasteiger partial charge in [-0.1, -0.05) is 12.1 Å². The van der Waals surface area contributed by atoms with Crippen LogP contribution in [0.4, 0.5) is 21.9 Å². The second kappa shape index (κ2) is 9.72. The van der Waals surface area contributed by atoms with E-state index in [1.165, 1.54) is 6.92 Å². The van der Waals surface area contributed by atoms with E-state index in [0.717, 1.165) is 12.1 Å². The van der Waals surface area contributed by atoms with Crippen molar-refractivity contribution in [1.29, 1.82) is 0 Å². The van der Waals surface area contributed by atoms with Gasteiger partial charge in [0.05, 0.1) is 11.4 Å². The van der Waals surface area contributed by atoms with Crippen molar-refractivity contribution in [2.24, 2.45) is 0 Å². The van der Waals surface area contributed by atoms with Gasteiger partial charge in [0.2, 0.25) is 5.91 Å². The topological polar surface area (TPSA) is 99.8 Å². The molecule has 1 heterocycles. The van der Waals surface area contributed by atoms with Crippen LogP contribution in [0, 0.1) is 0 Å². The second-order valence-electron chi connectivity index (χ2n) is 8.81. The van der Waals surface area contributed by atoms with Crippen LogP contribution in [0.3, 0.4) is 0 Å². The van der Waals surface area contributed by atoms with Crippen molar-refractivity contribution in [2.45, 2.75) is 45.8 Å². The molecule has 2 aromatic rings. The van der Waals surface area contributed by atoms with Crippen LogP contribution in [-0.4, -0.2) is 47.5 Å². The van der Waals surface area contributed by atoms with Crippen LogP contribution < -0.4 is 16.0 Å². The number of nitrogens with zero attached hydrogens (tertiary/aromatic N) is 1. The van der Waals surface area contributed by atoms with Crippen LogP contribution in [0.2, 0.25) is 0 Å². The van der Waals surface area contributed by atoms with Crippen LogP contribution in [0.15, 0.2) is 48.5 Å². The molecule has 0 aliphatic carbocycles. The van der Waals surface area contributed by atoms with Crippen molar-refractivity contribution in [2.75, 3.05) is 29.0 Å². The number of carbonyl (C=O) groups excluding carboxylic acids is 3. The molecule has 0 saturated carbocycles. The zero-order valence-electron chi connectivity index (χ0n) is 18.9. The van der Waals surface area contributed by atoms with Crippen molar-refractivity contribution >= 4 is 35.0 Å². The fourth-order valence-electron chi connectivity index (χ4n) is 3.41. The summed E-state index contributed by atoms with van der Waals surface area (Å²) in [6, 6.07) is 14.2. The fourth-order valence-corrected chi connectivity index (χ4v) is 3.41. The maximum absolute atomic E-state index is 12.7. The molecule has 1 aliphatic heterocycles. The summed E-state index contributed by atoms with van der Waals surface area (Å²) < 4.78 is 5.45.